The number of hydrogen-bond donors (Lipinski definition) is 1. The normalized spacial score (nSPS) is 19.6. The number of anilines is 1. The van der Waals surface area contributed by atoms with Crippen LogP contribution >= 0.6 is 0 Å². The highest BCUT2D eigenvalue weighted by Gasteiger charge is 2.27. The number of methoxy groups -OCH3 is 1. The van der Waals surface area contributed by atoms with Gasteiger partial charge in [0.1, 0.15) is 0 Å². The molecule has 3 rings (SSSR count). The van der Waals surface area contributed by atoms with Gasteiger partial charge in [-0.05, 0) is 63.0 Å². The molecule has 2 aliphatic rings. The molecule has 8 nitrogen and oxygen atoms in total. The van der Waals surface area contributed by atoms with Crippen LogP contribution in [0.5, 0.6) is 0 Å². The Morgan fingerprint density at radius 1 is 1.03 bits per heavy atom. The number of carbonyl (C=O) groups is 2. The van der Waals surface area contributed by atoms with Gasteiger partial charge in [-0.1, -0.05) is 6.42 Å². The molecule has 2 heterocycles. The van der Waals surface area contributed by atoms with E-state index in [9.17, 15) is 18.0 Å². The van der Waals surface area contributed by atoms with E-state index in [4.69, 9.17) is 4.74 Å². The van der Waals surface area contributed by atoms with E-state index in [0.29, 0.717) is 44.7 Å². The smallest absolute Gasteiger partial charge is 0.308 e. The van der Waals surface area contributed by atoms with Gasteiger partial charge >= 0.3 is 5.97 Å². The van der Waals surface area contributed by atoms with Crippen LogP contribution in [0.4, 0.5) is 5.69 Å². The molecule has 160 valence electrons. The Bertz CT molecular complexity index is 811. The van der Waals surface area contributed by atoms with E-state index in [-0.39, 0.29) is 29.2 Å². The number of rotatable bonds is 6. The maximum atomic E-state index is 12.7. The third-order valence-electron chi connectivity index (χ3n) is 5.58. The summed E-state index contributed by atoms with van der Waals surface area (Å²) in [6, 6.07) is 6.33. The van der Waals surface area contributed by atoms with E-state index in [0.717, 1.165) is 19.3 Å². The summed E-state index contributed by atoms with van der Waals surface area (Å²) in [7, 11) is -2.08. The summed E-state index contributed by atoms with van der Waals surface area (Å²) in [6.07, 6.45) is 4.22. The van der Waals surface area contributed by atoms with Crippen LogP contribution in [0.1, 0.15) is 32.1 Å². The number of ether oxygens (including phenoxy) is 1. The quantitative estimate of drug-likeness (QED) is 0.700. The van der Waals surface area contributed by atoms with Gasteiger partial charge in [-0.15, -0.1) is 0 Å². The molecule has 1 amide bonds. The minimum Gasteiger partial charge on any atom is -0.469 e. The number of esters is 1. The molecule has 2 saturated heterocycles. The van der Waals surface area contributed by atoms with Crippen LogP contribution in [0.15, 0.2) is 29.2 Å². The van der Waals surface area contributed by atoms with Crippen molar-refractivity contribution in [1.82, 2.24) is 9.21 Å². The van der Waals surface area contributed by atoms with Gasteiger partial charge in [0.2, 0.25) is 15.9 Å². The Morgan fingerprint density at radius 3 is 2.24 bits per heavy atom. The molecule has 1 N–H and O–H groups in total. The van der Waals surface area contributed by atoms with E-state index >= 15 is 0 Å². The molecule has 0 bridgehead atoms. The predicted octanol–water partition coefficient (Wildman–Crippen LogP) is 1.68. The number of benzene rings is 1. The van der Waals surface area contributed by atoms with Gasteiger partial charge in [0.25, 0.3) is 0 Å². The molecule has 1 aromatic rings. The SMILES string of the molecule is COC(=O)C1CCN(CC(=O)Nc2ccc(S(=O)(=O)N3CCCCC3)cc2)CC1. The molecule has 0 radical (unpaired) electrons. The first-order valence-electron chi connectivity index (χ1n) is 10.1. The van der Waals surface area contributed by atoms with E-state index in [1.54, 1.807) is 24.3 Å². The molecule has 9 heteroatoms. The average molecular weight is 424 g/mol. The topological polar surface area (TPSA) is 96.0 Å². The Morgan fingerprint density at radius 2 is 1.66 bits per heavy atom. The zero-order valence-electron chi connectivity index (χ0n) is 16.8. The zero-order valence-corrected chi connectivity index (χ0v) is 17.6. The van der Waals surface area contributed by atoms with Gasteiger partial charge in [-0.2, -0.15) is 4.31 Å². The van der Waals surface area contributed by atoms with Gasteiger partial charge in [-0.3, -0.25) is 14.5 Å². The second kappa shape index (κ2) is 9.69. The lowest BCUT2D eigenvalue weighted by atomic mass is 9.97. The number of piperidine rings is 2. The maximum absolute atomic E-state index is 12.7. The summed E-state index contributed by atoms with van der Waals surface area (Å²) >= 11 is 0. The van der Waals surface area contributed by atoms with Crippen molar-refractivity contribution in [3.63, 3.8) is 0 Å². The van der Waals surface area contributed by atoms with Gasteiger partial charge in [0, 0.05) is 18.8 Å². The van der Waals surface area contributed by atoms with Gasteiger partial charge in [-0.25, -0.2) is 8.42 Å². The van der Waals surface area contributed by atoms with Crippen LogP contribution in [0.3, 0.4) is 0 Å². The van der Waals surface area contributed by atoms with Crippen molar-refractivity contribution in [2.24, 2.45) is 5.92 Å². The van der Waals surface area contributed by atoms with Gasteiger partial charge < -0.3 is 10.1 Å². The number of amides is 1. The molecule has 0 saturated carbocycles. The van der Waals surface area contributed by atoms with Crippen molar-refractivity contribution in [3.8, 4) is 0 Å². The molecule has 29 heavy (non-hydrogen) atoms. The van der Waals surface area contributed by atoms with Crippen molar-refractivity contribution >= 4 is 27.6 Å². The molecule has 0 aromatic heterocycles. The lowest BCUT2D eigenvalue weighted by molar-refractivity contribution is -0.147. The van der Waals surface area contributed by atoms with E-state index in [1.807, 2.05) is 4.90 Å². The Labute approximate surface area is 172 Å². The summed E-state index contributed by atoms with van der Waals surface area (Å²) in [6.45, 7) is 2.70. The number of sulfonamides is 1. The molecule has 0 unspecified atom stereocenters. The molecule has 0 atom stereocenters. The Kier molecular flexibility index (Phi) is 7.26. The molecule has 0 aliphatic carbocycles. The van der Waals surface area contributed by atoms with Crippen molar-refractivity contribution in [2.45, 2.75) is 37.0 Å². The third-order valence-corrected chi connectivity index (χ3v) is 7.49. The largest absolute Gasteiger partial charge is 0.469 e. The fourth-order valence-corrected chi connectivity index (χ4v) is 5.38. The summed E-state index contributed by atoms with van der Waals surface area (Å²) in [5.41, 5.74) is 0.567. The van der Waals surface area contributed by atoms with Crippen LogP contribution in [0, 0.1) is 5.92 Å². The predicted molar refractivity (Wildman–Crippen MR) is 109 cm³/mol. The first-order valence-corrected chi connectivity index (χ1v) is 11.5. The highest BCUT2D eigenvalue weighted by molar-refractivity contribution is 7.89. The number of likely N-dealkylation sites (tertiary alicyclic amines) is 1. The van der Waals surface area contributed by atoms with E-state index in [1.165, 1.54) is 11.4 Å². The second-order valence-electron chi connectivity index (χ2n) is 7.61. The van der Waals surface area contributed by atoms with Crippen molar-refractivity contribution in [1.29, 1.82) is 0 Å². The fraction of sp³-hybridized carbons (Fsp3) is 0.600. The minimum atomic E-state index is -3.47. The second-order valence-corrected chi connectivity index (χ2v) is 9.55. The minimum absolute atomic E-state index is 0.0892. The summed E-state index contributed by atoms with van der Waals surface area (Å²) in [4.78, 5) is 26.1. The lowest BCUT2D eigenvalue weighted by Gasteiger charge is -2.29. The fourth-order valence-electron chi connectivity index (χ4n) is 3.86. The van der Waals surface area contributed by atoms with Crippen molar-refractivity contribution < 1.29 is 22.7 Å². The van der Waals surface area contributed by atoms with Crippen molar-refractivity contribution in [3.05, 3.63) is 24.3 Å². The standard InChI is InChI=1S/C20H29N3O5S/c1-28-20(25)16-9-13-22(14-10-16)15-19(24)21-17-5-7-18(8-6-17)29(26,27)23-11-3-2-4-12-23/h5-8,16H,2-4,9-15H2,1H3,(H,21,24). The summed E-state index contributed by atoms with van der Waals surface area (Å²) in [5, 5.41) is 2.81. The van der Waals surface area contributed by atoms with Crippen LogP contribution in [0.25, 0.3) is 0 Å². The maximum Gasteiger partial charge on any atom is 0.308 e. The van der Waals surface area contributed by atoms with Crippen LogP contribution in [0.2, 0.25) is 0 Å². The van der Waals surface area contributed by atoms with Crippen LogP contribution in [-0.4, -0.2) is 69.3 Å². The number of hydrogen-bond acceptors (Lipinski definition) is 6. The molecule has 0 spiro atoms. The average Bonchev–Trinajstić information content (AvgIpc) is 2.74. The first kappa shape index (κ1) is 21.7. The summed E-state index contributed by atoms with van der Waals surface area (Å²) < 4.78 is 31.7. The monoisotopic (exact) mass is 423 g/mol. The number of carbonyl (C=O) groups excluding carboxylic acids is 2. The van der Waals surface area contributed by atoms with Gasteiger partial charge in [0.05, 0.1) is 24.5 Å². The molecular weight excluding hydrogens is 394 g/mol. The van der Waals surface area contributed by atoms with E-state index < -0.39 is 10.0 Å². The van der Waals surface area contributed by atoms with Crippen LogP contribution < -0.4 is 5.32 Å². The molecule has 1 aromatic carbocycles. The Balaban J connectivity index is 1.51. The Hall–Kier alpha value is -1.97. The third kappa shape index (κ3) is 5.55. The number of nitrogens with one attached hydrogen (secondary N) is 1. The summed E-state index contributed by atoms with van der Waals surface area (Å²) in [5.74, 6) is -0.435. The zero-order chi connectivity index (χ0) is 20.9. The van der Waals surface area contributed by atoms with Crippen LogP contribution in [-0.2, 0) is 24.3 Å². The van der Waals surface area contributed by atoms with E-state index in [2.05, 4.69) is 5.32 Å². The number of nitrogens with zero attached hydrogens (tertiary/aromatic N) is 2. The van der Waals surface area contributed by atoms with Crippen molar-refractivity contribution in [2.75, 3.05) is 45.2 Å². The highest BCUT2D eigenvalue weighted by atomic mass is 32.2. The molecule has 2 fully saturated rings. The first-order chi connectivity index (χ1) is 13.9. The molecule has 2 aliphatic heterocycles. The highest BCUT2D eigenvalue weighted by Crippen LogP contribution is 2.22. The lowest BCUT2D eigenvalue weighted by Crippen LogP contribution is -2.41. The van der Waals surface area contributed by atoms with Gasteiger partial charge in [0.15, 0.2) is 0 Å². The molecular formula is C20H29N3O5S.